The van der Waals surface area contributed by atoms with Gasteiger partial charge >= 0.3 is 0 Å². The molecule has 2 atom stereocenters. The smallest absolute Gasteiger partial charge is 0.255 e. The first-order valence-corrected chi connectivity index (χ1v) is 11.5. The Kier molecular flexibility index (Phi) is 7.05. The predicted molar refractivity (Wildman–Crippen MR) is 126 cm³/mol. The van der Waals surface area contributed by atoms with Crippen molar-refractivity contribution in [3.05, 3.63) is 54.9 Å². The Bertz CT molecular complexity index is 1180. The summed E-state index contributed by atoms with van der Waals surface area (Å²) >= 11 is 1.37. The van der Waals surface area contributed by atoms with Gasteiger partial charge in [0.05, 0.1) is 11.8 Å². The van der Waals surface area contributed by atoms with Gasteiger partial charge in [-0.3, -0.25) is 14.5 Å². The molecule has 1 fully saturated rings. The largest absolute Gasteiger partial charge is 0.348 e. The third-order valence-corrected chi connectivity index (χ3v) is 6.13. The highest BCUT2D eigenvalue weighted by atomic mass is 32.2. The molecular weight excluding hydrogens is 443 g/mol. The van der Waals surface area contributed by atoms with Gasteiger partial charge in [0, 0.05) is 42.5 Å². The molecule has 0 bridgehead atoms. The van der Waals surface area contributed by atoms with Crippen LogP contribution in [0.4, 0.5) is 10.1 Å². The Morgan fingerprint density at radius 1 is 1.45 bits per heavy atom. The van der Waals surface area contributed by atoms with Crippen LogP contribution in [0.1, 0.15) is 23.7 Å². The average molecular weight is 469 g/mol. The predicted octanol–water partition coefficient (Wildman–Crippen LogP) is 3.40. The molecule has 0 aliphatic carbocycles. The van der Waals surface area contributed by atoms with Crippen molar-refractivity contribution in [2.24, 2.45) is 0 Å². The number of aromatic nitrogens is 3. The molecule has 3 aromatic rings. The van der Waals surface area contributed by atoms with Gasteiger partial charge in [-0.1, -0.05) is 24.4 Å². The highest BCUT2D eigenvalue weighted by Gasteiger charge is 2.24. The number of carbonyl (C=O) groups excluding carboxylic acids is 2. The number of anilines is 1. The van der Waals surface area contributed by atoms with Crippen molar-refractivity contribution in [3.8, 4) is 0 Å². The lowest BCUT2D eigenvalue weighted by molar-refractivity contribution is -0.111. The molecule has 10 heteroatoms. The monoisotopic (exact) mass is 468 g/mol. The minimum atomic E-state index is -0.785. The Hall–Kier alpha value is -3.24. The van der Waals surface area contributed by atoms with Crippen LogP contribution in [0.15, 0.2) is 59.2 Å². The zero-order valence-corrected chi connectivity index (χ0v) is 19.0. The van der Waals surface area contributed by atoms with E-state index in [4.69, 9.17) is 0 Å². The van der Waals surface area contributed by atoms with Crippen molar-refractivity contribution in [1.29, 1.82) is 0 Å². The van der Waals surface area contributed by atoms with Crippen molar-refractivity contribution >= 4 is 40.4 Å². The number of benzene rings is 1. The third-order valence-electron chi connectivity index (χ3n) is 5.24. The van der Waals surface area contributed by atoms with Gasteiger partial charge in [-0.2, -0.15) is 0 Å². The molecule has 1 aromatic carbocycles. The summed E-state index contributed by atoms with van der Waals surface area (Å²) in [6.07, 6.45) is 4.19. The molecule has 0 saturated carbocycles. The number of nitrogens with zero attached hydrogens (tertiary/aromatic N) is 3. The summed E-state index contributed by atoms with van der Waals surface area (Å²) in [7, 11) is 0. The molecule has 1 saturated heterocycles. The van der Waals surface area contributed by atoms with E-state index in [1.54, 1.807) is 18.5 Å². The minimum Gasteiger partial charge on any atom is -0.348 e. The zero-order valence-electron chi connectivity index (χ0n) is 18.2. The van der Waals surface area contributed by atoms with E-state index in [2.05, 4.69) is 32.2 Å². The van der Waals surface area contributed by atoms with Crippen LogP contribution >= 0.6 is 11.8 Å². The van der Waals surface area contributed by atoms with Gasteiger partial charge in [0.15, 0.2) is 5.65 Å². The maximum Gasteiger partial charge on any atom is 0.255 e. The fraction of sp³-hybridized carbons (Fsp3) is 0.304. The number of fused-ring (bicyclic) bond motifs is 1. The second-order valence-corrected chi connectivity index (χ2v) is 9.04. The van der Waals surface area contributed by atoms with Crippen LogP contribution in [0.25, 0.3) is 11.2 Å². The first kappa shape index (κ1) is 22.9. The molecule has 172 valence electrons. The van der Waals surface area contributed by atoms with Crippen LogP contribution in [0.2, 0.25) is 0 Å². The molecule has 33 heavy (non-hydrogen) atoms. The van der Waals surface area contributed by atoms with E-state index in [1.165, 1.54) is 17.8 Å². The summed E-state index contributed by atoms with van der Waals surface area (Å²) in [5, 5.41) is 6.31. The zero-order chi connectivity index (χ0) is 23.4. The average Bonchev–Trinajstić information content (AvgIpc) is 3.39. The molecule has 1 aliphatic rings. The molecule has 3 N–H and O–H groups in total. The van der Waals surface area contributed by atoms with Crippen LogP contribution in [0.3, 0.4) is 0 Å². The summed E-state index contributed by atoms with van der Waals surface area (Å²) in [5.74, 6) is -0.542. The molecule has 0 spiro atoms. The Morgan fingerprint density at radius 3 is 3.06 bits per heavy atom. The maximum atomic E-state index is 13.4. The highest BCUT2D eigenvalue weighted by Crippen LogP contribution is 2.29. The number of hydrogen-bond acceptors (Lipinski definition) is 6. The molecule has 1 unspecified atom stereocenters. The Balaban J connectivity index is 1.46. The van der Waals surface area contributed by atoms with Crippen LogP contribution in [0, 0.1) is 0 Å². The van der Waals surface area contributed by atoms with E-state index in [-0.39, 0.29) is 17.9 Å². The SMILES string of the molecule is C=CC(=O)Nc1cccc(Sc2cnc3[nH]cc(C(=O)N[C@H](C)CN4CCC(F)C4)c3n2)c1. The van der Waals surface area contributed by atoms with Crippen molar-refractivity contribution in [3.63, 3.8) is 0 Å². The number of carbonyl (C=O) groups is 2. The third kappa shape index (κ3) is 5.77. The van der Waals surface area contributed by atoms with Crippen molar-refractivity contribution in [1.82, 2.24) is 25.2 Å². The number of rotatable bonds is 8. The van der Waals surface area contributed by atoms with Gasteiger partial charge in [0.1, 0.15) is 16.7 Å². The first-order valence-electron chi connectivity index (χ1n) is 10.6. The molecule has 0 radical (unpaired) electrons. The van der Waals surface area contributed by atoms with Crippen molar-refractivity contribution in [2.75, 3.05) is 25.0 Å². The number of hydrogen-bond donors (Lipinski definition) is 3. The second-order valence-electron chi connectivity index (χ2n) is 7.95. The standard InChI is InChI=1S/C23H25FN6O2S/c1-3-19(31)28-16-5-4-6-17(9-16)33-20-11-26-22-21(29-20)18(10-25-22)23(32)27-14(2)12-30-8-7-15(24)13-30/h3-6,9-11,14-15H,1,7-8,12-13H2,2H3,(H,25,26)(H,27,32)(H,28,31)/t14-,15?/m1/s1. The summed E-state index contributed by atoms with van der Waals surface area (Å²) < 4.78 is 13.4. The summed E-state index contributed by atoms with van der Waals surface area (Å²) in [6.45, 7) is 7.08. The highest BCUT2D eigenvalue weighted by molar-refractivity contribution is 7.99. The van der Waals surface area contributed by atoms with Gasteiger partial charge in [-0.15, -0.1) is 0 Å². The number of halogens is 1. The van der Waals surface area contributed by atoms with Gasteiger partial charge < -0.3 is 15.6 Å². The maximum absolute atomic E-state index is 13.4. The normalized spacial score (nSPS) is 17.1. The van der Waals surface area contributed by atoms with E-state index in [0.717, 1.165) is 4.90 Å². The van der Waals surface area contributed by atoms with E-state index < -0.39 is 6.17 Å². The number of alkyl halides is 1. The van der Waals surface area contributed by atoms with Crippen LogP contribution in [-0.4, -0.2) is 63.5 Å². The lowest BCUT2D eigenvalue weighted by Gasteiger charge is -2.21. The number of aromatic amines is 1. The molecule has 2 amide bonds. The van der Waals surface area contributed by atoms with Gasteiger partial charge in [0.2, 0.25) is 5.91 Å². The Morgan fingerprint density at radius 2 is 2.30 bits per heavy atom. The van der Waals surface area contributed by atoms with Crippen molar-refractivity contribution < 1.29 is 14.0 Å². The molecular formula is C23H25FN6O2S. The summed E-state index contributed by atoms with van der Waals surface area (Å²) in [4.78, 5) is 39.3. The van der Waals surface area contributed by atoms with Gasteiger partial charge in [0.25, 0.3) is 5.91 Å². The van der Waals surface area contributed by atoms with Crippen LogP contribution < -0.4 is 10.6 Å². The van der Waals surface area contributed by atoms with E-state index >= 15 is 0 Å². The molecule has 8 nitrogen and oxygen atoms in total. The fourth-order valence-corrected chi connectivity index (χ4v) is 4.55. The van der Waals surface area contributed by atoms with Crippen molar-refractivity contribution in [2.45, 2.75) is 35.5 Å². The Labute approximate surface area is 195 Å². The number of likely N-dealkylation sites (tertiary alicyclic amines) is 1. The van der Waals surface area contributed by atoms with Crippen LogP contribution in [-0.2, 0) is 4.79 Å². The summed E-state index contributed by atoms with van der Waals surface area (Å²) in [6, 6.07) is 7.20. The summed E-state index contributed by atoms with van der Waals surface area (Å²) in [5.41, 5.74) is 2.05. The fourth-order valence-electron chi connectivity index (χ4n) is 3.73. The lowest BCUT2D eigenvalue weighted by Crippen LogP contribution is -2.41. The number of amides is 2. The van der Waals surface area contributed by atoms with E-state index in [1.807, 2.05) is 30.0 Å². The number of H-pyrrole nitrogens is 1. The molecule has 4 rings (SSSR count). The molecule has 1 aliphatic heterocycles. The van der Waals surface area contributed by atoms with E-state index in [0.29, 0.717) is 53.5 Å². The lowest BCUT2D eigenvalue weighted by atomic mass is 10.2. The first-order chi connectivity index (χ1) is 15.9. The molecule has 2 aromatic heterocycles. The van der Waals surface area contributed by atoms with Crippen LogP contribution in [0.5, 0.6) is 0 Å². The number of nitrogens with one attached hydrogen (secondary N) is 3. The second kappa shape index (κ2) is 10.1. The van der Waals surface area contributed by atoms with Gasteiger partial charge in [-0.05, 0) is 37.6 Å². The minimum absolute atomic E-state index is 0.133. The quantitative estimate of drug-likeness (QED) is 0.438. The van der Waals surface area contributed by atoms with E-state index in [9.17, 15) is 14.0 Å². The topological polar surface area (TPSA) is 103 Å². The van der Waals surface area contributed by atoms with Gasteiger partial charge in [-0.25, -0.2) is 14.4 Å². The molecule has 3 heterocycles.